The van der Waals surface area contributed by atoms with E-state index in [1.54, 1.807) is 6.20 Å². The number of rotatable bonds is 1. The van der Waals surface area contributed by atoms with E-state index in [0.29, 0.717) is 5.92 Å². The zero-order valence-corrected chi connectivity index (χ0v) is 7.76. The van der Waals surface area contributed by atoms with Crippen molar-refractivity contribution >= 4 is 0 Å². The minimum atomic E-state index is 0.443. The average Bonchev–Trinajstić information content (AvgIpc) is 2.04. The molecule has 0 aromatic carbocycles. The molecule has 0 amide bonds. The number of nitrogens with zero attached hydrogens (tertiary/aromatic N) is 1. The van der Waals surface area contributed by atoms with E-state index < -0.39 is 0 Å². The second-order valence-electron chi connectivity index (χ2n) is 3.17. The summed E-state index contributed by atoms with van der Waals surface area (Å²) in [5.41, 5.74) is 3.19. The molecule has 0 atom stereocenters. The summed E-state index contributed by atoms with van der Waals surface area (Å²) >= 11 is 0. The van der Waals surface area contributed by atoms with Crippen LogP contribution >= 0.6 is 0 Å². The van der Waals surface area contributed by atoms with Crippen LogP contribution in [0.25, 0.3) is 0 Å². The molecule has 0 bridgehead atoms. The lowest BCUT2D eigenvalue weighted by Gasteiger charge is -2.08. The molecule has 1 rings (SSSR count). The Morgan fingerprint density at radius 1 is 1.50 bits per heavy atom. The number of terminal acetylenes is 1. The molecule has 1 heterocycles. The van der Waals surface area contributed by atoms with Crippen LogP contribution in [0.3, 0.4) is 0 Å². The van der Waals surface area contributed by atoms with Crippen LogP contribution in [0.4, 0.5) is 0 Å². The molecule has 12 heavy (non-hydrogen) atoms. The molecule has 0 spiro atoms. The van der Waals surface area contributed by atoms with Gasteiger partial charge in [-0.25, -0.2) is 0 Å². The lowest BCUT2D eigenvalue weighted by atomic mass is 10.0. The first-order valence-corrected chi connectivity index (χ1v) is 4.09. The van der Waals surface area contributed by atoms with Gasteiger partial charge in [0, 0.05) is 17.5 Å². The van der Waals surface area contributed by atoms with Crippen molar-refractivity contribution in [3.8, 4) is 12.3 Å². The van der Waals surface area contributed by atoms with E-state index >= 15 is 0 Å². The van der Waals surface area contributed by atoms with Crippen molar-refractivity contribution in [2.24, 2.45) is 0 Å². The third-order valence-corrected chi connectivity index (χ3v) is 1.95. The van der Waals surface area contributed by atoms with Gasteiger partial charge in [0.25, 0.3) is 0 Å². The second-order valence-corrected chi connectivity index (χ2v) is 3.17. The van der Waals surface area contributed by atoms with E-state index in [0.717, 1.165) is 16.8 Å². The molecule has 0 fully saturated rings. The highest BCUT2D eigenvalue weighted by atomic mass is 14.7. The summed E-state index contributed by atoms with van der Waals surface area (Å²) in [4.78, 5) is 4.29. The van der Waals surface area contributed by atoms with Crippen LogP contribution in [0.5, 0.6) is 0 Å². The maximum Gasteiger partial charge on any atom is 0.0470 e. The van der Waals surface area contributed by atoms with Crippen molar-refractivity contribution in [3.63, 3.8) is 0 Å². The molecule has 0 aliphatic heterocycles. The highest BCUT2D eigenvalue weighted by Gasteiger charge is 2.06. The van der Waals surface area contributed by atoms with E-state index in [1.165, 1.54) is 0 Å². The molecule has 0 saturated heterocycles. The van der Waals surface area contributed by atoms with Crippen LogP contribution in [0.2, 0.25) is 0 Å². The van der Waals surface area contributed by atoms with Crippen molar-refractivity contribution in [1.29, 1.82) is 0 Å². The van der Waals surface area contributed by atoms with Crippen LogP contribution in [0.15, 0.2) is 12.3 Å². The van der Waals surface area contributed by atoms with Crippen molar-refractivity contribution in [2.45, 2.75) is 26.7 Å². The number of pyridine rings is 1. The molecule has 1 nitrogen and oxygen atoms in total. The number of aromatic nitrogens is 1. The van der Waals surface area contributed by atoms with Gasteiger partial charge in [-0.2, -0.15) is 0 Å². The van der Waals surface area contributed by atoms with E-state index in [1.807, 2.05) is 13.0 Å². The molecule has 62 valence electrons. The maximum absolute atomic E-state index is 5.34. The smallest absolute Gasteiger partial charge is 0.0470 e. The molecule has 0 aliphatic rings. The first-order chi connectivity index (χ1) is 5.66. The molecule has 0 aliphatic carbocycles. The SMILES string of the molecule is C#Cc1ccnc(C(C)C)c1C. The van der Waals surface area contributed by atoms with Gasteiger partial charge in [-0.15, -0.1) is 6.42 Å². The quantitative estimate of drug-likeness (QED) is 0.574. The average molecular weight is 159 g/mol. The fraction of sp³-hybridized carbons (Fsp3) is 0.364. The summed E-state index contributed by atoms with van der Waals surface area (Å²) in [5, 5.41) is 0. The number of hydrogen-bond donors (Lipinski definition) is 0. The Kier molecular flexibility index (Phi) is 2.50. The Labute approximate surface area is 73.8 Å². The zero-order chi connectivity index (χ0) is 9.14. The predicted molar refractivity (Wildman–Crippen MR) is 51.0 cm³/mol. The summed E-state index contributed by atoms with van der Waals surface area (Å²) in [6.45, 7) is 6.27. The van der Waals surface area contributed by atoms with Crippen molar-refractivity contribution in [3.05, 3.63) is 29.1 Å². The molecule has 0 saturated carbocycles. The van der Waals surface area contributed by atoms with E-state index in [4.69, 9.17) is 6.42 Å². The first kappa shape index (κ1) is 8.80. The van der Waals surface area contributed by atoms with E-state index in [9.17, 15) is 0 Å². The van der Waals surface area contributed by atoms with Crippen molar-refractivity contribution in [2.75, 3.05) is 0 Å². The van der Waals surface area contributed by atoms with Gasteiger partial charge in [-0.3, -0.25) is 4.98 Å². The van der Waals surface area contributed by atoms with Gasteiger partial charge < -0.3 is 0 Å². The van der Waals surface area contributed by atoms with E-state index in [-0.39, 0.29) is 0 Å². The fourth-order valence-corrected chi connectivity index (χ4v) is 1.29. The maximum atomic E-state index is 5.34. The summed E-state index contributed by atoms with van der Waals surface area (Å²) in [6.07, 6.45) is 7.12. The van der Waals surface area contributed by atoms with Gasteiger partial charge in [0.05, 0.1) is 0 Å². The highest BCUT2D eigenvalue weighted by molar-refractivity contribution is 5.41. The lowest BCUT2D eigenvalue weighted by Crippen LogP contribution is -1.98. The van der Waals surface area contributed by atoms with Crippen molar-refractivity contribution in [1.82, 2.24) is 4.98 Å². The first-order valence-electron chi connectivity index (χ1n) is 4.09. The Morgan fingerprint density at radius 3 is 2.67 bits per heavy atom. The molecule has 1 aromatic rings. The van der Waals surface area contributed by atoms with Gasteiger partial charge in [-0.05, 0) is 24.5 Å². The lowest BCUT2D eigenvalue weighted by molar-refractivity contribution is 0.810. The third-order valence-electron chi connectivity index (χ3n) is 1.95. The molecule has 0 radical (unpaired) electrons. The van der Waals surface area contributed by atoms with Crippen LogP contribution in [0, 0.1) is 19.3 Å². The predicted octanol–water partition coefficient (Wildman–Crippen LogP) is 2.49. The molecular weight excluding hydrogens is 146 g/mol. The minimum Gasteiger partial charge on any atom is -0.261 e. The van der Waals surface area contributed by atoms with Gasteiger partial charge >= 0.3 is 0 Å². The van der Waals surface area contributed by atoms with Crippen molar-refractivity contribution < 1.29 is 0 Å². The second kappa shape index (κ2) is 3.40. The van der Waals surface area contributed by atoms with Gasteiger partial charge in [-0.1, -0.05) is 19.8 Å². The normalized spacial score (nSPS) is 9.92. The Morgan fingerprint density at radius 2 is 2.17 bits per heavy atom. The summed E-state index contributed by atoms with van der Waals surface area (Å²) < 4.78 is 0. The molecule has 0 unspecified atom stereocenters. The summed E-state index contributed by atoms with van der Waals surface area (Å²) in [7, 11) is 0. The topological polar surface area (TPSA) is 12.9 Å². The minimum absolute atomic E-state index is 0.443. The van der Waals surface area contributed by atoms with E-state index in [2.05, 4.69) is 24.8 Å². The summed E-state index contributed by atoms with van der Waals surface area (Å²) in [6, 6.07) is 1.88. The van der Waals surface area contributed by atoms with Crippen LogP contribution in [-0.4, -0.2) is 4.98 Å². The van der Waals surface area contributed by atoms with Crippen LogP contribution < -0.4 is 0 Å². The Bertz CT molecular complexity index is 318. The zero-order valence-electron chi connectivity index (χ0n) is 7.76. The van der Waals surface area contributed by atoms with Crippen LogP contribution in [-0.2, 0) is 0 Å². The monoisotopic (exact) mass is 159 g/mol. The molecule has 1 aromatic heterocycles. The number of hydrogen-bond acceptors (Lipinski definition) is 1. The summed E-state index contributed by atoms with van der Waals surface area (Å²) in [5.74, 6) is 3.09. The molecule has 0 N–H and O–H groups in total. The van der Waals surface area contributed by atoms with Crippen LogP contribution in [0.1, 0.15) is 36.6 Å². The standard InChI is InChI=1S/C11H13N/c1-5-10-6-7-12-11(8(2)3)9(10)4/h1,6-8H,2-4H3. The third kappa shape index (κ3) is 1.48. The largest absolute Gasteiger partial charge is 0.261 e. The Hall–Kier alpha value is -1.29. The Balaban J connectivity index is 3.25. The van der Waals surface area contributed by atoms with Gasteiger partial charge in [0.2, 0.25) is 0 Å². The highest BCUT2D eigenvalue weighted by Crippen LogP contribution is 2.18. The van der Waals surface area contributed by atoms with Gasteiger partial charge in [0.15, 0.2) is 0 Å². The molecular formula is C11H13N. The van der Waals surface area contributed by atoms with Gasteiger partial charge in [0.1, 0.15) is 0 Å². The fourth-order valence-electron chi connectivity index (χ4n) is 1.29. The molecule has 1 heteroatoms.